The molecule has 34 valence electrons. The molecule has 0 amide bonds. The van der Waals surface area contributed by atoms with E-state index in [1.54, 1.807) is 0 Å². The van der Waals surface area contributed by atoms with Crippen molar-refractivity contribution < 1.29 is 5.11 Å². The minimum Gasteiger partial charge on any atom is -0.392 e. The molecule has 0 aliphatic carbocycles. The Kier molecular flexibility index (Phi) is 2.59. The van der Waals surface area contributed by atoms with Gasteiger partial charge in [-0.25, -0.2) is 0 Å². The van der Waals surface area contributed by atoms with E-state index in [1.165, 1.54) is 0 Å². The first-order chi connectivity index (χ1) is 2.81. The molecule has 0 aliphatic heterocycles. The van der Waals surface area contributed by atoms with Crippen LogP contribution in [0.3, 0.4) is 0 Å². The molecule has 0 saturated heterocycles. The summed E-state index contributed by atoms with van der Waals surface area (Å²) in [5.41, 5.74) is 0.787. The first kappa shape index (κ1) is 5.57. The summed E-state index contributed by atoms with van der Waals surface area (Å²) in [6, 6.07) is 0. The monoisotopic (exact) mass is 85.1 g/mol. The summed E-state index contributed by atoms with van der Waals surface area (Å²) in [7, 11) is 0. The number of rotatable bonds is 2. The maximum absolute atomic E-state index is 8.20. The fraction of sp³-hybridized carbons (Fsp3) is 0.400. The van der Waals surface area contributed by atoms with E-state index in [2.05, 4.69) is 13.5 Å². The molecule has 0 heterocycles. The fourth-order valence-electron chi connectivity index (χ4n) is 0.0791. The van der Waals surface area contributed by atoms with Crippen molar-refractivity contribution in [3.8, 4) is 0 Å². The first-order valence-electron chi connectivity index (χ1n) is 1.88. The lowest BCUT2D eigenvalue weighted by molar-refractivity contribution is 0.329. The second kappa shape index (κ2) is 2.79. The molecule has 0 aromatic rings. The molecule has 6 heavy (non-hydrogen) atoms. The standard InChI is InChI=1S/C5H9O/c1-3-5(2)4-6/h6H,1-4H2/q+1. The lowest BCUT2D eigenvalue weighted by Crippen LogP contribution is -1.82. The molecule has 0 aliphatic rings. The molecule has 0 spiro atoms. The average molecular weight is 85.1 g/mol. The zero-order valence-corrected chi connectivity index (χ0v) is 3.78. The van der Waals surface area contributed by atoms with Gasteiger partial charge in [-0.15, -0.1) is 0 Å². The minimum atomic E-state index is 0.0729. The largest absolute Gasteiger partial charge is 0.392 e. The summed E-state index contributed by atoms with van der Waals surface area (Å²) < 4.78 is 0. The first-order valence-corrected chi connectivity index (χ1v) is 1.88. The third kappa shape index (κ3) is 1.85. The molecule has 0 rings (SSSR count). The molecule has 0 aromatic carbocycles. The maximum Gasteiger partial charge on any atom is 0.108 e. The van der Waals surface area contributed by atoms with Gasteiger partial charge < -0.3 is 5.11 Å². The van der Waals surface area contributed by atoms with E-state index in [0.717, 1.165) is 5.57 Å². The van der Waals surface area contributed by atoms with E-state index in [-0.39, 0.29) is 6.61 Å². The van der Waals surface area contributed by atoms with Crippen molar-refractivity contribution in [2.75, 3.05) is 6.61 Å². The van der Waals surface area contributed by atoms with Crippen LogP contribution < -0.4 is 0 Å². The number of aliphatic hydroxyl groups is 1. The second-order valence-corrected chi connectivity index (χ2v) is 1.16. The molecular formula is C5H9O+. The van der Waals surface area contributed by atoms with Gasteiger partial charge in [0, 0.05) is 0 Å². The van der Waals surface area contributed by atoms with Crippen molar-refractivity contribution in [1.29, 1.82) is 0 Å². The van der Waals surface area contributed by atoms with E-state index in [0.29, 0.717) is 6.42 Å². The molecule has 1 nitrogen and oxygen atoms in total. The van der Waals surface area contributed by atoms with Crippen LogP contribution in [-0.4, -0.2) is 11.7 Å². The van der Waals surface area contributed by atoms with Crippen LogP contribution in [-0.2, 0) is 0 Å². The topological polar surface area (TPSA) is 20.2 Å². The van der Waals surface area contributed by atoms with Crippen LogP contribution >= 0.6 is 0 Å². The van der Waals surface area contributed by atoms with Gasteiger partial charge in [0.15, 0.2) is 0 Å². The second-order valence-electron chi connectivity index (χ2n) is 1.16. The van der Waals surface area contributed by atoms with E-state index in [9.17, 15) is 0 Å². The van der Waals surface area contributed by atoms with Crippen LogP contribution in [0.1, 0.15) is 6.42 Å². The fourth-order valence-corrected chi connectivity index (χ4v) is 0.0791. The SMILES string of the molecule is C=C(C[CH2+])CO. The predicted molar refractivity (Wildman–Crippen MR) is 26.2 cm³/mol. The molecule has 0 bridgehead atoms. The van der Waals surface area contributed by atoms with Crippen LogP contribution in [0.4, 0.5) is 0 Å². The molecule has 0 saturated carbocycles. The summed E-state index contributed by atoms with van der Waals surface area (Å²) in [5, 5.41) is 8.20. The Balaban J connectivity index is 2.99. The highest BCUT2D eigenvalue weighted by Crippen LogP contribution is 1.89. The summed E-state index contributed by atoms with van der Waals surface area (Å²) in [6.07, 6.45) is 0.635. The molecule has 0 atom stereocenters. The normalized spacial score (nSPS) is 8.17. The van der Waals surface area contributed by atoms with Gasteiger partial charge in [-0.1, -0.05) is 6.58 Å². The van der Waals surface area contributed by atoms with Crippen molar-refractivity contribution >= 4 is 0 Å². The number of hydrogen-bond donors (Lipinski definition) is 1. The zero-order valence-electron chi connectivity index (χ0n) is 3.78. The molecule has 0 radical (unpaired) electrons. The Morgan fingerprint density at radius 2 is 2.33 bits per heavy atom. The number of aliphatic hydroxyl groups excluding tert-OH is 1. The smallest absolute Gasteiger partial charge is 0.108 e. The molecule has 0 fully saturated rings. The van der Waals surface area contributed by atoms with Crippen molar-refractivity contribution in [3.63, 3.8) is 0 Å². The lowest BCUT2D eigenvalue weighted by Gasteiger charge is -1.83. The van der Waals surface area contributed by atoms with E-state index >= 15 is 0 Å². The average Bonchev–Trinajstić information content (AvgIpc) is 1.65. The highest BCUT2D eigenvalue weighted by molar-refractivity contribution is 4.93. The van der Waals surface area contributed by atoms with E-state index in [1.807, 2.05) is 0 Å². The molecule has 1 heteroatoms. The Bertz CT molecular complexity index is 41.9. The van der Waals surface area contributed by atoms with Gasteiger partial charge in [0.1, 0.15) is 6.42 Å². The molecule has 0 aromatic heterocycles. The highest BCUT2D eigenvalue weighted by Gasteiger charge is 1.85. The van der Waals surface area contributed by atoms with Crippen molar-refractivity contribution in [1.82, 2.24) is 0 Å². The van der Waals surface area contributed by atoms with Crippen LogP contribution in [0.2, 0.25) is 0 Å². The van der Waals surface area contributed by atoms with Crippen molar-refractivity contribution in [3.05, 3.63) is 19.1 Å². The highest BCUT2D eigenvalue weighted by atomic mass is 16.3. The third-order valence-electron chi connectivity index (χ3n) is 0.577. The Morgan fingerprint density at radius 1 is 1.83 bits per heavy atom. The van der Waals surface area contributed by atoms with Crippen LogP contribution in [0, 0.1) is 6.92 Å². The Labute approximate surface area is 38.3 Å². The van der Waals surface area contributed by atoms with Crippen LogP contribution in [0.15, 0.2) is 12.2 Å². The van der Waals surface area contributed by atoms with Gasteiger partial charge in [-0.3, -0.25) is 0 Å². The van der Waals surface area contributed by atoms with Gasteiger partial charge in [-0.2, -0.15) is 0 Å². The van der Waals surface area contributed by atoms with Crippen LogP contribution in [0.25, 0.3) is 0 Å². The summed E-state index contributed by atoms with van der Waals surface area (Å²) in [4.78, 5) is 0. The van der Waals surface area contributed by atoms with Crippen molar-refractivity contribution in [2.24, 2.45) is 0 Å². The zero-order chi connectivity index (χ0) is 4.99. The van der Waals surface area contributed by atoms with E-state index < -0.39 is 0 Å². The summed E-state index contributed by atoms with van der Waals surface area (Å²) in [6.45, 7) is 7.05. The third-order valence-corrected chi connectivity index (χ3v) is 0.577. The predicted octanol–water partition coefficient (Wildman–Crippen LogP) is 0.759. The Morgan fingerprint density at radius 3 is 2.33 bits per heavy atom. The van der Waals surface area contributed by atoms with Crippen molar-refractivity contribution in [2.45, 2.75) is 6.42 Å². The van der Waals surface area contributed by atoms with Gasteiger partial charge in [0.2, 0.25) is 0 Å². The van der Waals surface area contributed by atoms with Gasteiger partial charge in [0.25, 0.3) is 0 Å². The van der Waals surface area contributed by atoms with Gasteiger partial charge in [0.05, 0.1) is 13.5 Å². The molecular weight excluding hydrogens is 76.1 g/mol. The molecule has 1 N–H and O–H groups in total. The number of hydrogen-bond acceptors (Lipinski definition) is 1. The Hall–Kier alpha value is -0.430. The van der Waals surface area contributed by atoms with Crippen LogP contribution in [0.5, 0.6) is 0 Å². The van der Waals surface area contributed by atoms with E-state index in [4.69, 9.17) is 5.11 Å². The summed E-state index contributed by atoms with van der Waals surface area (Å²) >= 11 is 0. The van der Waals surface area contributed by atoms with Gasteiger partial charge in [-0.05, 0) is 5.57 Å². The summed E-state index contributed by atoms with van der Waals surface area (Å²) in [5.74, 6) is 0. The maximum atomic E-state index is 8.20. The quantitative estimate of drug-likeness (QED) is 0.387. The lowest BCUT2D eigenvalue weighted by atomic mass is 10.3. The minimum absolute atomic E-state index is 0.0729. The van der Waals surface area contributed by atoms with Gasteiger partial charge >= 0.3 is 0 Å². The molecule has 0 unspecified atom stereocenters.